The highest BCUT2D eigenvalue weighted by atomic mass is 35.5. The average molecular weight is 229 g/mol. The van der Waals surface area contributed by atoms with E-state index < -0.39 is 11.7 Å². The van der Waals surface area contributed by atoms with E-state index in [4.69, 9.17) is 11.6 Å². The quantitative estimate of drug-likeness (QED) is 0.483. The Morgan fingerprint density at radius 2 is 2.47 bits per heavy atom. The van der Waals surface area contributed by atoms with E-state index in [1.165, 1.54) is 12.3 Å². The lowest BCUT2D eigenvalue weighted by Gasteiger charge is -2.00. The molecule has 5 nitrogen and oxygen atoms in total. The molecule has 1 aromatic rings. The Hall–Kier alpha value is -1.62. The zero-order valence-electron chi connectivity index (χ0n) is 7.98. The van der Waals surface area contributed by atoms with Crippen LogP contribution in [0.15, 0.2) is 18.0 Å². The molecule has 0 spiro atoms. The van der Waals surface area contributed by atoms with E-state index in [2.05, 4.69) is 14.9 Å². The van der Waals surface area contributed by atoms with Gasteiger partial charge in [0.1, 0.15) is 5.69 Å². The fourth-order valence-electron chi connectivity index (χ4n) is 0.819. The number of halogens is 1. The van der Waals surface area contributed by atoms with E-state index in [9.17, 15) is 9.90 Å². The van der Waals surface area contributed by atoms with Gasteiger partial charge in [0.25, 0.3) is 0 Å². The molecular formula is C9H9ClN2O3. The van der Waals surface area contributed by atoms with Crippen LogP contribution in [0.2, 0.25) is 5.02 Å². The van der Waals surface area contributed by atoms with Gasteiger partial charge in [0.15, 0.2) is 0 Å². The highest BCUT2D eigenvalue weighted by molar-refractivity contribution is 6.31. The number of hydrogen-bond acceptors (Lipinski definition) is 5. The van der Waals surface area contributed by atoms with Crippen molar-refractivity contribution < 1.29 is 14.6 Å². The van der Waals surface area contributed by atoms with Gasteiger partial charge in [0.05, 0.1) is 17.8 Å². The third-order valence-corrected chi connectivity index (χ3v) is 1.78. The number of carbonyl (C=O) groups is 1. The van der Waals surface area contributed by atoms with Gasteiger partial charge in [-0.3, -0.25) is 0 Å². The first kappa shape index (κ1) is 11.5. The van der Waals surface area contributed by atoms with Crippen molar-refractivity contribution in [3.8, 4) is 0 Å². The minimum atomic E-state index is -0.820. The molecular weight excluding hydrogens is 220 g/mol. The Balaban J connectivity index is 2.88. The summed E-state index contributed by atoms with van der Waals surface area (Å²) in [6.07, 6.45) is 2.51. The lowest BCUT2D eigenvalue weighted by Crippen LogP contribution is -2.07. The number of hydrogen-bond donors (Lipinski definition) is 1. The number of aliphatic hydroxyl groups excluding tert-OH is 1. The third kappa shape index (κ3) is 3.21. The van der Waals surface area contributed by atoms with E-state index in [1.54, 1.807) is 6.92 Å². The standard InChI is InChI=1S/C9H9ClN2O3/c1-2-15-9(14)8(13)5-7-6(10)3-4-11-12-7/h3-5,13H,2H2,1H3/b8-5-. The maximum Gasteiger partial charge on any atom is 0.373 e. The van der Waals surface area contributed by atoms with Crippen LogP contribution in [-0.2, 0) is 9.53 Å². The van der Waals surface area contributed by atoms with Crippen molar-refractivity contribution >= 4 is 23.6 Å². The molecule has 0 fully saturated rings. The summed E-state index contributed by atoms with van der Waals surface area (Å²) in [6, 6.07) is 1.50. The van der Waals surface area contributed by atoms with Crippen LogP contribution in [0.5, 0.6) is 0 Å². The Morgan fingerprint density at radius 3 is 3.07 bits per heavy atom. The second kappa shape index (κ2) is 5.31. The van der Waals surface area contributed by atoms with E-state index in [0.717, 1.165) is 6.08 Å². The summed E-state index contributed by atoms with van der Waals surface area (Å²) in [5, 5.41) is 16.8. The van der Waals surface area contributed by atoms with Crippen LogP contribution in [0.25, 0.3) is 6.08 Å². The molecule has 1 heterocycles. The Kier molecular flexibility index (Phi) is 4.05. The predicted octanol–water partition coefficient (Wildman–Crippen LogP) is 1.59. The minimum absolute atomic E-state index is 0.185. The average Bonchev–Trinajstić information content (AvgIpc) is 2.21. The minimum Gasteiger partial charge on any atom is -0.502 e. The van der Waals surface area contributed by atoms with Crippen LogP contribution in [0, 0.1) is 0 Å². The van der Waals surface area contributed by atoms with Gasteiger partial charge in [-0.05, 0) is 13.0 Å². The highest BCUT2D eigenvalue weighted by Crippen LogP contribution is 2.14. The zero-order valence-corrected chi connectivity index (χ0v) is 8.73. The van der Waals surface area contributed by atoms with E-state index >= 15 is 0 Å². The summed E-state index contributed by atoms with van der Waals surface area (Å²) in [7, 11) is 0. The van der Waals surface area contributed by atoms with E-state index in [0.29, 0.717) is 5.02 Å². The second-order valence-corrected chi connectivity index (χ2v) is 2.92. The lowest BCUT2D eigenvalue weighted by atomic mass is 10.3. The van der Waals surface area contributed by atoms with Crippen molar-refractivity contribution in [2.75, 3.05) is 6.61 Å². The third-order valence-electron chi connectivity index (χ3n) is 1.46. The summed E-state index contributed by atoms with van der Waals surface area (Å²) in [6.45, 7) is 1.82. The summed E-state index contributed by atoms with van der Waals surface area (Å²) in [4.78, 5) is 11.0. The molecule has 0 bridgehead atoms. The van der Waals surface area contributed by atoms with Crippen molar-refractivity contribution in [1.82, 2.24) is 10.2 Å². The molecule has 0 aliphatic heterocycles. The normalized spacial score (nSPS) is 11.2. The van der Waals surface area contributed by atoms with Crippen molar-refractivity contribution in [2.24, 2.45) is 0 Å². The van der Waals surface area contributed by atoms with Crippen LogP contribution >= 0.6 is 11.6 Å². The molecule has 0 aliphatic rings. The second-order valence-electron chi connectivity index (χ2n) is 2.51. The fraction of sp³-hybridized carbons (Fsp3) is 0.222. The molecule has 6 heteroatoms. The van der Waals surface area contributed by atoms with E-state index in [-0.39, 0.29) is 12.3 Å². The highest BCUT2D eigenvalue weighted by Gasteiger charge is 2.09. The number of carbonyl (C=O) groups excluding carboxylic acids is 1. The van der Waals surface area contributed by atoms with Gasteiger partial charge in [-0.1, -0.05) is 11.6 Å². The first-order valence-electron chi connectivity index (χ1n) is 4.20. The van der Waals surface area contributed by atoms with Crippen LogP contribution in [0.4, 0.5) is 0 Å². The molecule has 15 heavy (non-hydrogen) atoms. The van der Waals surface area contributed by atoms with E-state index in [1.807, 2.05) is 0 Å². The van der Waals surface area contributed by atoms with Crippen molar-refractivity contribution in [2.45, 2.75) is 6.92 Å². The van der Waals surface area contributed by atoms with Crippen molar-refractivity contribution in [3.63, 3.8) is 0 Å². The molecule has 0 unspecified atom stereocenters. The number of aliphatic hydroxyl groups is 1. The molecule has 0 aromatic carbocycles. The van der Waals surface area contributed by atoms with Gasteiger partial charge in [-0.15, -0.1) is 5.10 Å². The maximum atomic E-state index is 11.0. The fourth-order valence-corrected chi connectivity index (χ4v) is 0.967. The van der Waals surface area contributed by atoms with Gasteiger partial charge in [0, 0.05) is 6.08 Å². The molecule has 0 aliphatic carbocycles. The monoisotopic (exact) mass is 228 g/mol. The Labute approximate surface area is 91.3 Å². The number of aromatic nitrogens is 2. The number of ether oxygens (including phenoxy) is 1. The molecule has 0 radical (unpaired) electrons. The largest absolute Gasteiger partial charge is 0.502 e. The van der Waals surface area contributed by atoms with Crippen LogP contribution in [-0.4, -0.2) is 27.9 Å². The molecule has 0 saturated carbocycles. The first-order chi connectivity index (χ1) is 7.15. The summed E-state index contributed by atoms with van der Waals surface area (Å²) in [5.74, 6) is -1.38. The number of esters is 1. The SMILES string of the molecule is CCOC(=O)/C(O)=C/c1nnccc1Cl. The smallest absolute Gasteiger partial charge is 0.373 e. The van der Waals surface area contributed by atoms with Crippen molar-refractivity contribution in [1.29, 1.82) is 0 Å². The topological polar surface area (TPSA) is 72.3 Å². The zero-order chi connectivity index (χ0) is 11.3. The molecule has 1 rings (SSSR count). The van der Waals surface area contributed by atoms with Crippen LogP contribution < -0.4 is 0 Å². The maximum absolute atomic E-state index is 11.0. The summed E-state index contributed by atoms with van der Waals surface area (Å²) in [5.41, 5.74) is 0.213. The van der Waals surface area contributed by atoms with Gasteiger partial charge in [-0.25, -0.2) is 4.79 Å². The predicted molar refractivity (Wildman–Crippen MR) is 54.3 cm³/mol. The molecule has 1 aromatic heterocycles. The number of nitrogens with zero attached hydrogens (tertiary/aromatic N) is 2. The van der Waals surface area contributed by atoms with Gasteiger partial charge < -0.3 is 9.84 Å². The van der Waals surface area contributed by atoms with Crippen LogP contribution in [0.1, 0.15) is 12.6 Å². The molecule has 0 atom stereocenters. The van der Waals surface area contributed by atoms with Gasteiger partial charge in [-0.2, -0.15) is 5.10 Å². The molecule has 80 valence electrons. The number of rotatable bonds is 3. The Morgan fingerprint density at radius 1 is 1.73 bits per heavy atom. The summed E-state index contributed by atoms with van der Waals surface area (Å²) >= 11 is 5.74. The van der Waals surface area contributed by atoms with Gasteiger partial charge >= 0.3 is 5.97 Å². The lowest BCUT2D eigenvalue weighted by molar-refractivity contribution is -0.141. The summed E-state index contributed by atoms with van der Waals surface area (Å²) < 4.78 is 4.57. The molecule has 0 amide bonds. The van der Waals surface area contributed by atoms with Crippen molar-refractivity contribution in [3.05, 3.63) is 28.7 Å². The van der Waals surface area contributed by atoms with Gasteiger partial charge in [0.2, 0.25) is 5.76 Å². The van der Waals surface area contributed by atoms with Crippen LogP contribution in [0.3, 0.4) is 0 Å². The Bertz CT molecular complexity index is 393. The molecule has 1 N–H and O–H groups in total. The molecule has 0 saturated heterocycles. The first-order valence-corrected chi connectivity index (χ1v) is 4.58.